The molecule has 0 unspecified atom stereocenters. The largest absolute Gasteiger partial charge is 0.504 e. The van der Waals surface area contributed by atoms with Crippen molar-refractivity contribution in [2.45, 2.75) is 17.4 Å². The van der Waals surface area contributed by atoms with Gasteiger partial charge in [0, 0.05) is 21.6 Å². The fourth-order valence-corrected chi connectivity index (χ4v) is 4.67. The third kappa shape index (κ3) is 4.32. The lowest BCUT2D eigenvalue weighted by Crippen LogP contribution is -1.86. The molecule has 0 aliphatic heterocycles. The summed E-state index contributed by atoms with van der Waals surface area (Å²) in [5.41, 5.74) is 1.84. The van der Waals surface area contributed by atoms with Crippen LogP contribution in [-0.4, -0.2) is 27.4 Å². The zero-order valence-corrected chi connectivity index (χ0v) is 16.7. The molecule has 0 aliphatic carbocycles. The van der Waals surface area contributed by atoms with E-state index in [1.807, 2.05) is 22.9 Å². The summed E-state index contributed by atoms with van der Waals surface area (Å²) in [6, 6.07) is 9.27. The molecule has 0 bridgehead atoms. The maximum absolute atomic E-state index is 9.71. The van der Waals surface area contributed by atoms with Crippen molar-refractivity contribution in [1.82, 2.24) is 15.2 Å². The van der Waals surface area contributed by atoms with Crippen LogP contribution in [0.5, 0.6) is 11.5 Å². The summed E-state index contributed by atoms with van der Waals surface area (Å²) in [4.78, 5) is 5.84. The highest BCUT2D eigenvalue weighted by Crippen LogP contribution is 2.33. The van der Waals surface area contributed by atoms with Crippen LogP contribution in [0.4, 0.5) is 0 Å². The van der Waals surface area contributed by atoms with Crippen molar-refractivity contribution in [3.05, 3.63) is 57.6 Å². The zero-order valence-electron chi connectivity index (χ0n) is 14.3. The van der Waals surface area contributed by atoms with E-state index in [1.165, 1.54) is 23.7 Å². The lowest BCUT2D eigenvalue weighted by Gasteiger charge is -2.04. The number of hydrogen-bond donors (Lipinski definition) is 1. The van der Waals surface area contributed by atoms with Crippen LogP contribution >= 0.6 is 34.4 Å². The van der Waals surface area contributed by atoms with Crippen LogP contribution in [-0.2, 0) is 12.2 Å². The maximum Gasteiger partial charge on any atom is 0.276 e. The van der Waals surface area contributed by atoms with Gasteiger partial charge in [-0.2, -0.15) is 0 Å². The SMILES string of the molecule is COc1cc(-c2nc(CSc3nnc(Cc4cccs4)o3)cs2)ccc1O. The van der Waals surface area contributed by atoms with Crippen LogP contribution < -0.4 is 4.74 Å². The van der Waals surface area contributed by atoms with Gasteiger partial charge in [-0.25, -0.2) is 4.98 Å². The molecule has 0 fully saturated rings. The number of aromatic nitrogens is 3. The van der Waals surface area contributed by atoms with Gasteiger partial charge >= 0.3 is 0 Å². The van der Waals surface area contributed by atoms with Gasteiger partial charge in [-0.05, 0) is 29.6 Å². The van der Waals surface area contributed by atoms with E-state index in [4.69, 9.17) is 9.15 Å². The van der Waals surface area contributed by atoms with E-state index < -0.39 is 0 Å². The van der Waals surface area contributed by atoms with E-state index >= 15 is 0 Å². The smallest absolute Gasteiger partial charge is 0.276 e. The van der Waals surface area contributed by atoms with E-state index in [0.717, 1.165) is 16.3 Å². The summed E-state index contributed by atoms with van der Waals surface area (Å²) in [6.45, 7) is 0. The van der Waals surface area contributed by atoms with Crippen molar-refractivity contribution in [2.24, 2.45) is 0 Å². The van der Waals surface area contributed by atoms with Crippen molar-refractivity contribution >= 4 is 34.4 Å². The number of thiophene rings is 1. The number of phenols is 1. The monoisotopic (exact) mass is 417 g/mol. The van der Waals surface area contributed by atoms with Gasteiger partial charge in [0.2, 0.25) is 5.89 Å². The molecule has 0 amide bonds. The van der Waals surface area contributed by atoms with E-state index in [-0.39, 0.29) is 5.75 Å². The van der Waals surface area contributed by atoms with Gasteiger partial charge in [0.05, 0.1) is 19.2 Å². The molecule has 1 aromatic carbocycles. The van der Waals surface area contributed by atoms with E-state index in [2.05, 4.69) is 21.2 Å². The Hall–Kier alpha value is -2.36. The summed E-state index contributed by atoms with van der Waals surface area (Å²) >= 11 is 4.69. The minimum absolute atomic E-state index is 0.114. The normalized spacial score (nSPS) is 11.0. The second-order valence-corrected chi connectivity index (χ2v) is 8.35. The molecule has 3 aromatic heterocycles. The van der Waals surface area contributed by atoms with Crippen LogP contribution in [0.25, 0.3) is 10.6 Å². The van der Waals surface area contributed by atoms with Crippen LogP contribution in [0.15, 0.2) is 50.7 Å². The maximum atomic E-state index is 9.71. The molecule has 4 rings (SSSR count). The van der Waals surface area contributed by atoms with E-state index in [1.54, 1.807) is 34.8 Å². The number of phenolic OH excluding ortho intramolecular Hbond substituents is 1. The summed E-state index contributed by atoms with van der Waals surface area (Å²) in [5.74, 6) is 1.81. The van der Waals surface area contributed by atoms with Crippen molar-refractivity contribution in [1.29, 1.82) is 0 Å². The molecule has 0 saturated carbocycles. The third-order valence-electron chi connectivity index (χ3n) is 3.68. The lowest BCUT2D eigenvalue weighted by molar-refractivity contribution is 0.373. The number of rotatable bonds is 7. The Morgan fingerprint density at radius 1 is 1.22 bits per heavy atom. The molecule has 0 aliphatic rings. The van der Waals surface area contributed by atoms with Gasteiger partial charge in [0.25, 0.3) is 5.22 Å². The second kappa shape index (κ2) is 8.12. The minimum atomic E-state index is 0.114. The number of ether oxygens (including phenoxy) is 1. The fourth-order valence-electron chi connectivity index (χ4n) is 2.38. The Kier molecular flexibility index (Phi) is 5.42. The van der Waals surface area contributed by atoms with E-state index in [0.29, 0.717) is 29.0 Å². The van der Waals surface area contributed by atoms with Gasteiger partial charge in [-0.15, -0.1) is 32.9 Å². The molecule has 6 nitrogen and oxygen atoms in total. The molecule has 27 heavy (non-hydrogen) atoms. The molecular weight excluding hydrogens is 402 g/mol. The molecule has 4 aromatic rings. The number of thiazole rings is 1. The number of thioether (sulfide) groups is 1. The number of methoxy groups -OCH3 is 1. The first-order valence-electron chi connectivity index (χ1n) is 8.00. The molecule has 0 radical (unpaired) electrons. The van der Waals surface area contributed by atoms with Crippen molar-refractivity contribution < 1.29 is 14.3 Å². The van der Waals surface area contributed by atoms with Crippen molar-refractivity contribution in [3.8, 4) is 22.1 Å². The molecule has 3 heterocycles. The molecule has 0 atom stereocenters. The van der Waals surface area contributed by atoms with E-state index in [9.17, 15) is 5.11 Å². The van der Waals surface area contributed by atoms with Crippen LogP contribution in [0, 0.1) is 0 Å². The average molecular weight is 418 g/mol. The quantitative estimate of drug-likeness (QED) is 0.430. The Bertz CT molecular complexity index is 1030. The predicted molar refractivity (Wildman–Crippen MR) is 107 cm³/mol. The van der Waals surface area contributed by atoms with Crippen LogP contribution in [0.2, 0.25) is 0 Å². The number of aromatic hydroxyl groups is 1. The first-order chi connectivity index (χ1) is 13.2. The van der Waals surface area contributed by atoms with Crippen molar-refractivity contribution in [3.63, 3.8) is 0 Å². The number of hydrogen-bond acceptors (Lipinski definition) is 9. The Labute approximate surface area is 167 Å². The molecule has 138 valence electrons. The minimum Gasteiger partial charge on any atom is -0.504 e. The standard InChI is InChI=1S/C18H15N3O3S3/c1-23-15-7-11(4-5-14(15)22)17-19-12(9-26-17)10-27-18-21-20-16(24-18)8-13-3-2-6-25-13/h2-7,9,22H,8,10H2,1H3. The summed E-state index contributed by atoms with van der Waals surface area (Å²) in [6.07, 6.45) is 0.661. The molecule has 9 heteroatoms. The molecular formula is C18H15N3O3S3. The van der Waals surface area contributed by atoms with Gasteiger partial charge in [-0.3, -0.25) is 0 Å². The van der Waals surface area contributed by atoms with Crippen molar-refractivity contribution in [2.75, 3.05) is 7.11 Å². The lowest BCUT2D eigenvalue weighted by atomic mass is 10.2. The summed E-state index contributed by atoms with van der Waals surface area (Å²) in [5, 5.41) is 23.4. The van der Waals surface area contributed by atoms with Gasteiger partial charge in [-0.1, -0.05) is 17.8 Å². The van der Waals surface area contributed by atoms with Crippen LogP contribution in [0.1, 0.15) is 16.5 Å². The zero-order chi connectivity index (χ0) is 18.6. The first-order valence-corrected chi connectivity index (χ1v) is 10.7. The molecule has 1 N–H and O–H groups in total. The highest BCUT2D eigenvalue weighted by Gasteiger charge is 2.12. The van der Waals surface area contributed by atoms with Crippen LogP contribution in [0.3, 0.4) is 0 Å². The van der Waals surface area contributed by atoms with Gasteiger partial charge in [0.1, 0.15) is 5.01 Å². The van der Waals surface area contributed by atoms with Gasteiger partial charge in [0.15, 0.2) is 11.5 Å². The molecule has 0 saturated heterocycles. The van der Waals surface area contributed by atoms with Gasteiger partial charge < -0.3 is 14.3 Å². The Morgan fingerprint density at radius 3 is 2.96 bits per heavy atom. The summed E-state index contributed by atoms with van der Waals surface area (Å²) in [7, 11) is 1.53. The highest BCUT2D eigenvalue weighted by molar-refractivity contribution is 7.98. The number of nitrogens with zero attached hydrogens (tertiary/aromatic N) is 3. The summed E-state index contributed by atoms with van der Waals surface area (Å²) < 4.78 is 10.8. The third-order valence-corrected chi connectivity index (χ3v) is 6.34. The number of benzene rings is 1. The Balaban J connectivity index is 1.39. The topological polar surface area (TPSA) is 81.3 Å². The fraction of sp³-hybridized carbons (Fsp3) is 0.167. The first kappa shape index (κ1) is 18.0. The Morgan fingerprint density at radius 2 is 2.15 bits per heavy atom. The average Bonchev–Trinajstić information content (AvgIpc) is 3.43. The highest BCUT2D eigenvalue weighted by atomic mass is 32.2. The predicted octanol–water partition coefficient (Wildman–Crippen LogP) is 4.85. The molecule has 0 spiro atoms. The second-order valence-electron chi connectivity index (χ2n) is 5.54.